The summed E-state index contributed by atoms with van der Waals surface area (Å²) in [6.45, 7) is 4.28. The number of hydrogen-bond acceptors (Lipinski definition) is 2. The van der Waals surface area contributed by atoms with Gasteiger partial charge in [0.05, 0.1) is 5.60 Å². The third-order valence-corrected chi connectivity index (χ3v) is 3.89. The van der Waals surface area contributed by atoms with Gasteiger partial charge in [-0.25, -0.2) is 0 Å². The van der Waals surface area contributed by atoms with Crippen molar-refractivity contribution in [1.82, 2.24) is 0 Å². The van der Waals surface area contributed by atoms with Crippen LogP contribution in [0.5, 0.6) is 0 Å². The molecule has 3 N–H and O–H groups in total. The highest BCUT2D eigenvalue weighted by molar-refractivity contribution is 5.40. The highest BCUT2D eigenvalue weighted by Crippen LogP contribution is 2.47. The van der Waals surface area contributed by atoms with Crippen LogP contribution in [0.1, 0.15) is 50.3 Å². The molecular weight excluding hydrogens is 198 g/mol. The molecule has 2 nitrogen and oxygen atoms in total. The molecule has 0 saturated carbocycles. The molecule has 1 aliphatic rings. The van der Waals surface area contributed by atoms with Crippen LogP contribution >= 0.6 is 0 Å². The van der Waals surface area contributed by atoms with Crippen molar-refractivity contribution in [3.05, 3.63) is 35.4 Å². The summed E-state index contributed by atoms with van der Waals surface area (Å²) in [7, 11) is 0. The largest absolute Gasteiger partial charge is 0.385 e. The van der Waals surface area contributed by atoms with Crippen LogP contribution in [-0.4, -0.2) is 5.11 Å². The second-order valence-corrected chi connectivity index (χ2v) is 5.01. The highest BCUT2D eigenvalue weighted by Gasteiger charge is 2.44. The number of nitrogens with two attached hydrogens (primary N) is 1. The Balaban J connectivity index is 2.38. The van der Waals surface area contributed by atoms with Crippen LogP contribution in [0.4, 0.5) is 0 Å². The van der Waals surface area contributed by atoms with E-state index in [1.54, 1.807) is 0 Å². The van der Waals surface area contributed by atoms with E-state index in [2.05, 4.69) is 13.8 Å². The van der Waals surface area contributed by atoms with Crippen molar-refractivity contribution < 1.29 is 5.11 Å². The Morgan fingerprint density at radius 3 is 2.88 bits per heavy atom. The summed E-state index contributed by atoms with van der Waals surface area (Å²) in [5.41, 5.74) is 7.54. The van der Waals surface area contributed by atoms with Crippen LogP contribution in [0.15, 0.2) is 24.3 Å². The normalized spacial score (nSPS) is 30.1. The minimum absolute atomic E-state index is 0.0134. The molecule has 2 heteroatoms. The quantitative estimate of drug-likeness (QED) is 0.821. The summed E-state index contributed by atoms with van der Waals surface area (Å²) >= 11 is 0. The average Bonchev–Trinajstić information content (AvgIpc) is 2.54. The number of aliphatic hydroxyl groups is 1. The lowest BCUT2D eigenvalue weighted by molar-refractivity contribution is -0.0227. The van der Waals surface area contributed by atoms with Gasteiger partial charge in [0.1, 0.15) is 0 Å². The van der Waals surface area contributed by atoms with Crippen LogP contribution in [0.25, 0.3) is 0 Å². The summed E-state index contributed by atoms with van der Waals surface area (Å²) in [4.78, 5) is 0. The molecule has 0 heterocycles. The van der Waals surface area contributed by atoms with Crippen molar-refractivity contribution in [3.8, 4) is 0 Å². The van der Waals surface area contributed by atoms with Crippen LogP contribution in [-0.2, 0) is 5.60 Å². The summed E-state index contributed by atoms with van der Waals surface area (Å²) in [5.74, 6) is 0.271. The van der Waals surface area contributed by atoms with Crippen molar-refractivity contribution in [2.75, 3.05) is 0 Å². The number of hydrogen-bond donors (Lipinski definition) is 2. The van der Waals surface area contributed by atoms with E-state index in [4.69, 9.17) is 5.73 Å². The number of benzene rings is 1. The first-order valence-corrected chi connectivity index (χ1v) is 6.17. The van der Waals surface area contributed by atoms with Gasteiger partial charge >= 0.3 is 0 Å². The van der Waals surface area contributed by atoms with Gasteiger partial charge in [-0.05, 0) is 29.9 Å². The molecule has 1 aromatic carbocycles. The zero-order chi connectivity index (χ0) is 11.8. The topological polar surface area (TPSA) is 46.2 Å². The molecule has 3 unspecified atom stereocenters. The molecule has 1 aliphatic carbocycles. The van der Waals surface area contributed by atoms with Crippen molar-refractivity contribution in [2.45, 2.75) is 44.8 Å². The monoisotopic (exact) mass is 219 g/mol. The first-order chi connectivity index (χ1) is 7.59. The molecule has 0 fully saturated rings. The van der Waals surface area contributed by atoms with Gasteiger partial charge in [0.25, 0.3) is 0 Å². The zero-order valence-corrected chi connectivity index (χ0v) is 10.1. The van der Waals surface area contributed by atoms with Gasteiger partial charge in [-0.1, -0.05) is 44.5 Å². The lowest BCUT2D eigenvalue weighted by atomic mass is 9.81. The summed E-state index contributed by atoms with van der Waals surface area (Å²) in [6, 6.07) is 8.03. The Hall–Kier alpha value is -0.860. The van der Waals surface area contributed by atoms with Gasteiger partial charge < -0.3 is 10.8 Å². The van der Waals surface area contributed by atoms with Gasteiger partial charge in [0.15, 0.2) is 0 Å². The minimum atomic E-state index is -0.716. The van der Waals surface area contributed by atoms with Crippen LogP contribution in [0.2, 0.25) is 0 Å². The summed E-state index contributed by atoms with van der Waals surface area (Å²) < 4.78 is 0. The van der Waals surface area contributed by atoms with Crippen LogP contribution in [0.3, 0.4) is 0 Å². The van der Waals surface area contributed by atoms with E-state index in [1.807, 2.05) is 24.3 Å². The van der Waals surface area contributed by atoms with E-state index < -0.39 is 5.60 Å². The predicted octanol–water partition coefficient (Wildman–Crippen LogP) is 2.71. The van der Waals surface area contributed by atoms with Gasteiger partial charge in [-0.2, -0.15) is 0 Å². The molecule has 0 aromatic heterocycles. The van der Waals surface area contributed by atoms with Crippen molar-refractivity contribution in [2.24, 2.45) is 11.7 Å². The fourth-order valence-electron chi connectivity index (χ4n) is 2.91. The fourth-order valence-corrected chi connectivity index (χ4v) is 2.91. The maximum absolute atomic E-state index is 10.8. The molecule has 2 rings (SSSR count). The number of fused-ring (bicyclic) bond motifs is 1. The molecule has 0 radical (unpaired) electrons. The Kier molecular flexibility index (Phi) is 3.04. The standard InChI is InChI=1S/C14H21NO/c1-3-6-10(2)14(16)9-13(15)11-7-4-5-8-12(11)14/h4-5,7-8,10,13,16H,3,6,9,15H2,1-2H3. The van der Waals surface area contributed by atoms with Crippen molar-refractivity contribution >= 4 is 0 Å². The Bertz CT molecular complexity index is 377. The van der Waals surface area contributed by atoms with Gasteiger partial charge in [0, 0.05) is 6.04 Å². The van der Waals surface area contributed by atoms with Gasteiger partial charge in [-0.3, -0.25) is 0 Å². The molecule has 0 amide bonds. The Morgan fingerprint density at radius 2 is 2.19 bits per heavy atom. The van der Waals surface area contributed by atoms with Gasteiger partial charge in [0.2, 0.25) is 0 Å². The average molecular weight is 219 g/mol. The number of rotatable bonds is 3. The second-order valence-electron chi connectivity index (χ2n) is 5.01. The highest BCUT2D eigenvalue weighted by atomic mass is 16.3. The molecule has 1 aromatic rings. The summed E-state index contributed by atoms with van der Waals surface area (Å²) in [6.07, 6.45) is 2.80. The van der Waals surface area contributed by atoms with E-state index in [-0.39, 0.29) is 12.0 Å². The maximum Gasteiger partial charge on any atom is 0.0943 e. The molecule has 0 bridgehead atoms. The maximum atomic E-state index is 10.8. The first-order valence-electron chi connectivity index (χ1n) is 6.17. The van der Waals surface area contributed by atoms with Crippen LogP contribution < -0.4 is 5.73 Å². The minimum Gasteiger partial charge on any atom is -0.385 e. The molecule has 0 aliphatic heterocycles. The van der Waals surface area contributed by atoms with E-state index in [9.17, 15) is 5.11 Å². The summed E-state index contributed by atoms with van der Waals surface area (Å²) in [5, 5.41) is 10.8. The van der Waals surface area contributed by atoms with E-state index in [0.29, 0.717) is 6.42 Å². The molecule has 0 spiro atoms. The molecular formula is C14H21NO. The lowest BCUT2D eigenvalue weighted by Crippen LogP contribution is -2.31. The zero-order valence-electron chi connectivity index (χ0n) is 10.1. The van der Waals surface area contributed by atoms with Crippen molar-refractivity contribution in [3.63, 3.8) is 0 Å². The van der Waals surface area contributed by atoms with Crippen molar-refractivity contribution in [1.29, 1.82) is 0 Å². The molecule has 3 atom stereocenters. The third kappa shape index (κ3) is 1.66. The molecule has 0 saturated heterocycles. The lowest BCUT2D eigenvalue weighted by Gasteiger charge is -2.31. The fraction of sp³-hybridized carbons (Fsp3) is 0.571. The SMILES string of the molecule is CCCC(C)C1(O)CC(N)c2ccccc21. The molecule has 88 valence electrons. The van der Waals surface area contributed by atoms with Gasteiger partial charge in [-0.15, -0.1) is 0 Å². The Labute approximate surface area is 97.5 Å². The smallest absolute Gasteiger partial charge is 0.0943 e. The first kappa shape index (κ1) is 11.6. The third-order valence-electron chi connectivity index (χ3n) is 3.89. The molecule has 16 heavy (non-hydrogen) atoms. The second kappa shape index (κ2) is 4.19. The van der Waals surface area contributed by atoms with E-state index in [0.717, 1.165) is 24.0 Å². The van der Waals surface area contributed by atoms with Crippen LogP contribution in [0, 0.1) is 5.92 Å². The predicted molar refractivity (Wildman–Crippen MR) is 66.0 cm³/mol. The Morgan fingerprint density at radius 1 is 1.50 bits per heavy atom. The van der Waals surface area contributed by atoms with E-state index >= 15 is 0 Å². The van der Waals surface area contributed by atoms with E-state index in [1.165, 1.54) is 0 Å².